The van der Waals surface area contributed by atoms with Crippen LogP contribution >= 0.6 is 0 Å². The lowest BCUT2D eigenvalue weighted by molar-refractivity contribution is 0.0582. The molecule has 1 aliphatic rings. The number of carbonyl (C=O) groups excluding carboxylic acids is 1. The summed E-state index contributed by atoms with van der Waals surface area (Å²) < 4.78 is 18.3. The molecule has 0 radical (unpaired) electrons. The van der Waals surface area contributed by atoms with Gasteiger partial charge in [-0.1, -0.05) is 6.07 Å². The third kappa shape index (κ3) is 3.00. The van der Waals surface area contributed by atoms with Gasteiger partial charge >= 0.3 is 0 Å². The lowest BCUT2D eigenvalue weighted by atomic mass is 10.2. The monoisotopic (exact) mass is 238 g/mol. The molecule has 0 aliphatic carbocycles. The van der Waals surface area contributed by atoms with E-state index < -0.39 is 5.95 Å². The summed E-state index contributed by atoms with van der Waals surface area (Å²) in [5, 5.41) is 0. The van der Waals surface area contributed by atoms with E-state index in [-0.39, 0.29) is 17.7 Å². The molecule has 1 aromatic rings. The van der Waals surface area contributed by atoms with Crippen LogP contribution in [0.5, 0.6) is 0 Å². The van der Waals surface area contributed by atoms with Gasteiger partial charge in [-0.05, 0) is 25.0 Å². The Morgan fingerprint density at radius 2 is 2.47 bits per heavy atom. The fourth-order valence-corrected chi connectivity index (χ4v) is 1.90. The molecule has 1 amide bonds. The Balaban J connectivity index is 1.98. The third-order valence-electron chi connectivity index (χ3n) is 2.78. The second-order valence-electron chi connectivity index (χ2n) is 4.17. The topological polar surface area (TPSA) is 42.4 Å². The normalized spacial score (nSPS) is 19.3. The van der Waals surface area contributed by atoms with E-state index in [9.17, 15) is 9.18 Å². The smallest absolute Gasteiger partial charge is 0.272 e. The van der Waals surface area contributed by atoms with Gasteiger partial charge in [0.05, 0.1) is 6.10 Å². The first kappa shape index (κ1) is 12.0. The van der Waals surface area contributed by atoms with Crippen molar-refractivity contribution < 1.29 is 13.9 Å². The Morgan fingerprint density at radius 3 is 3.12 bits per heavy atom. The van der Waals surface area contributed by atoms with Crippen LogP contribution in [0.1, 0.15) is 23.3 Å². The number of amides is 1. The standard InChI is InChI=1S/C12H15FN2O2/c1-15(8-9-4-3-7-17-9)12(16)10-5-2-6-11(13)14-10/h2,5-6,9H,3-4,7-8H2,1H3. The van der Waals surface area contributed by atoms with Gasteiger partial charge in [-0.3, -0.25) is 4.79 Å². The van der Waals surface area contributed by atoms with Crippen molar-refractivity contribution in [2.24, 2.45) is 0 Å². The highest BCUT2D eigenvalue weighted by Gasteiger charge is 2.21. The first-order valence-electron chi connectivity index (χ1n) is 5.66. The summed E-state index contributed by atoms with van der Waals surface area (Å²) in [4.78, 5) is 17.0. The van der Waals surface area contributed by atoms with Crippen LogP contribution < -0.4 is 0 Å². The van der Waals surface area contributed by atoms with Gasteiger partial charge in [-0.2, -0.15) is 4.39 Å². The number of ether oxygens (including phenoxy) is 1. The van der Waals surface area contributed by atoms with Gasteiger partial charge in [0.15, 0.2) is 0 Å². The number of aromatic nitrogens is 1. The minimum absolute atomic E-state index is 0.0949. The molecule has 1 atom stereocenters. The van der Waals surface area contributed by atoms with E-state index in [1.54, 1.807) is 7.05 Å². The van der Waals surface area contributed by atoms with Gasteiger partial charge in [0, 0.05) is 20.2 Å². The Labute approximate surface area is 99.4 Å². The summed E-state index contributed by atoms with van der Waals surface area (Å²) in [6.07, 6.45) is 2.09. The molecule has 0 saturated carbocycles. The van der Waals surface area contributed by atoms with Crippen LogP contribution in [0.3, 0.4) is 0 Å². The maximum Gasteiger partial charge on any atom is 0.272 e. The van der Waals surface area contributed by atoms with Crippen molar-refractivity contribution in [2.75, 3.05) is 20.2 Å². The van der Waals surface area contributed by atoms with Crippen molar-refractivity contribution in [3.05, 3.63) is 29.8 Å². The molecule has 1 aliphatic heterocycles. The Bertz CT molecular complexity index is 405. The Kier molecular flexibility index (Phi) is 3.68. The lowest BCUT2D eigenvalue weighted by Crippen LogP contribution is -2.34. The van der Waals surface area contributed by atoms with Crippen LogP contribution in [0.25, 0.3) is 0 Å². The molecule has 2 heterocycles. The molecule has 0 N–H and O–H groups in total. The van der Waals surface area contributed by atoms with Gasteiger partial charge < -0.3 is 9.64 Å². The van der Waals surface area contributed by atoms with Gasteiger partial charge in [0.25, 0.3) is 5.91 Å². The van der Waals surface area contributed by atoms with Crippen LogP contribution in [0.15, 0.2) is 18.2 Å². The van der Waals surface area contributed by atoms with E-state index >= 15 is 0 Å². The Morgan fingerprint density at radius 1 is 1.65 bits per heavy atom. The number of halogens is 1. The van der Waals surface area contributed by atoms with E-state index in [2.05, 4.69) is 4.98 Å². The molecule has 0 bridgehead atoms. The SMILES string of the molecule is CN(CC1CCCO1)C(=O)c1cccc(F)n1. The number of hydrogen-bond donors (Lipinski definition) is 0. The van der Waals surface area contributed by atoms with E-state index in [0.29, 0.717) is 6.54 Å². The number of carbonyl (C=O) groups is 1. The molecule has 1 unspecified atom stereocenters. The van der Waals surface area contributed by atoms with Gasteiger partial charge in [-0.25, -0.2) is 4.98 Å². The molecular formula is C12H15FN2O2. The quantitative estimate of drug-likeness (QED) is 0.749. The first-order chi connectivity index (χ1) is 8.16. The molecule has 4 nitrogen and oxygen atoms in total. The molecule has 1 fully saturated rings. The number of likely N-dealkylation sites (N-methyl/N-ethyl adjacent to an activating group) is 1. The minimum atomic E-state index is -0.638. The second kappa shape index (κ2) is 5.23. The summed E-state index contributed by atoms with van der Waals surface area (Å²) in [6.45, 7) is 1.28. The van der Waals surface area contributed by atoms with Crippen LogP contribution in [-0.4, -0.2) is 42.1 Å². The summed E-state index contributed by atoms with van der Waals surface area (Å²) in [6, 6.07) is 4.21. The number of rotatable bonds is 3. The third-order valence-corrected chi connectivity index (χ3v) is 2.78. The molecule has 2 rings (SSSR count). The zero-order valence-electron chi connectivity index (χ0n) is 9.73. The van der Waals surface area contributed by atoms with Crippen LogP contribution in [0, 0.1) is 5.95 Å². The predicted molar refractivity (Wildman–Crippen MR) is 60.1 cm³/mol. The summed E-state index contributed by atoms with van der Waals surface area (Å²) in [7, 11) is 1.68. The Hall–Kier alpha value is -1.49. The van der Waals surface area contributed by atoms with Crippen LogP contribution in [0.2, 0.25) is 0 Å². The molecule has 0 aromatic carbocycles. The first-order valence-corrected chi connectivity index (χ1v) is 5.66. The zero-order chi connectivity index (χ0) is 12.3. The molecule has 1 aromatic heterocycles. The van der Waals surface area contributed by atoms with Gasteiger partial charge in [0.1, 0.15) is 5.69 Å². The lowest BCUT2D eigenvalue weighted by Gasteiger charge is -2.20. The largest absolute Gasteiger partial charge is 0.376 e. The van der Waals surface area contributed by atoms with Crippen molar-refractivity contribution in [1.82, 2.24) is 9.88 Å². The molecule has 92 valence electrons. The second-order valence-corrected chi connectivity index (χ2v) is 4.17. The van der Waals surface area contributed by atoms with E-state index in [0.717, 1.165) is 19.4 Å². The van der Waals surface area contributed by atoms with Gasteiger partial charge in [0.2, 0.25) is 5.95 Å². The van der Waals surface area contributed by atoms with Crippen LogP contribution in [0.4, 0.5) is 4.39 Å². The van der Waals surface area contributed by atoms with E-state index in [1.807, 2.05) is 0 Å². The van der Waals surface area contributed by atoms with Crippen molar-refractivity contribution in [3.63, 3.8) is 0 Å². The minimum Gasteiger partial charge on any atom is -0.376 e. The number of pyridine rings is 1. The maximum absolute atomic E-state index is 12.9. The van der Waals surface area contributed by atoms with Crippen LogP contribution in [-0.2, 0) is 4.74 Å². The highest BCUT2D eigenvalue weighted by molar-refractivity contribution is 5.92. The summed E-state index contributed by atoms with van der Waals surface area (Å²) in [5.74, 6) is -0.915. The zero-order valence-corrected chi connectivity index (χ0v) is 9.73. The number of nitrogens with zero attached hydrogens (tertiary/aromatic N) is 2. The molecule has 5 heteroatoms. The molecule has 0 spiro atoms. The number of hydrogen-bond acceptors (Lipinski definition) is 3. The predicted octanol–water partition coefficient (Wildman–Crippen LogP) is 1.47. The summed E-state index contributed by atoms with van der Waals surface area (Å²) in [5.41, 5.74) is 0.130. The maximum atomic E-state index is 12.9. The average Bonchev–Trinajstić information content (AvgIpc) is 2.80. The molecule has 17 heavy (non-hydrogen) atoms. The van der Waals surface area contributed by atoms with Crippen molar-refractivity contribution in [1.29, 1.82) is 0 Å². The molecule has 1 saturated heterocycles. The van der Waals surface area contributed by atoms with Crippen molar-refractivity contribution in [3.8, 4) is 0 Å². The van der Waals surface area contributed by atoms with Crippen molar-refractivity contribution in [2.45, 2.75) is 18.9 Å². The average molecular weight is 238 g/mol. The fraction of sp³-hybridized carbons (Fsp3) is 0.500. The van der Waals surface area contributed by atoms with E-state index in [1.165, 1.54) is 23.1 Å². The summed E-state index contributed by atoms with van der Waals surface area (Å²) >= 11 is 0. The van der Waals surface area contributed by atoms with Crippen molar-refractivity contribution >= 4 is 5.91 Å². The fourth-order valence-electron chi connectivity index (χ4n) is 1.90. The van der Waals surface area contributed by atoms with Gasteiger partial charge in [-0.15, -0.1) is 0 Å². The molecular weight excluding hydrogens is 223 g/mol. The highest BCUT2D eigenvalue weighted by atomic mass is 19.1. The van der Waals surface area contributed by atoms with E-state index in [4.69, 9.17) is 4.74 Å². The highest BCUT2D eigenvalue weighted by Crippen LogP contribution is 2.13.